The van der Waals surface area contributed by atoms with Crippen LogP contribution in [0.4, 0.5) is 15.8 Å². The monoisotopic (exact) mass is 370 g/mol. The molecule has 0 aromatic heterocycles. The van der Waals surface area contributed by atoms with E-state index in [9.17, 15) is 14.5 Å². The van der Waals surface area contributed by atoms with Crippen molar-refractivity contribution in [3.05, 3.63) is 64.0 Å². The molecule has 0 N–H and O–H groups in total. The zero-order valence-electron chi connectivity index (χ0n) is 14.7. The summed E-state index contributed by atoms with van der Waals surface area (Å²) in [5.74, 6) is -0.122. The highest BCUT2D eigenvalue weighted by molar-refractivity contribution is 5.51. The average Bonchev–Trinajstić information content (AvgIpc) is 2.69. The molecule has 1 heterocycles. The molecule has 2 aromatic rings. The smallest absolute Gasteiger partial charge is 0.310 e. The minimum absolute atomic E-state index is 0.0430. The second kappa shape index (κ2) is 8.47. The van der Waals surface area contributed by atoms with E-state index in [4.69, 9.17) is 10.00 Å². The Morgan fingerprint density at radius 2 is 1.93 bits per heavy atom. The van der Waals surface area contributed by atoms with Crippen molar-refractivity contribution in [3.8, 4) is 11.8 Å². The molecule has 1 saturated heterocycles. The van der Waals surface area contributed by atoms with Crippen LogP contribution in [0, 0.1) is 27.3 Å². The number of ether oxygens (including phenoxy) is 1. The molecule has 0 aliphatic carbocycles. The lowest BCUT2D eigenvalue weighted by molar-refractivity contribution is -0.385. The topological polar surface area (TPSA) is 82.6 Å². The molecule has 0 radical (unpaired) electrons. The van der Waals surface area contributed by atoms with Gasteiger partial charge in [0.05, 0.1) is 22.2 Å². The summed E-state index contributed by atoms with van der Waals surface area (Å²) < 4.78 is 19.7. The molecular formula is C19H19FN4O3. The Balaban J connectivity index is 1.49. The standard InChI is InChI=1S/C19H19FN4O3/c20-16-13-15(14-21)5-6-17(16)23-9-7-22(8-10-23)11-12-27-19-4-2-1-3-18(19)24(25)26/h1-6,13H,7-12H2. The van der Waals surface area contributed by atoms with Crippen LogP contribution in [0.3, 0.4) is 0 Å². The summed E-state index contributed by atoms with van der Waals surface area (Å²) in [5.41, 5.74) is 0.769. The Hall–Kier alpha value is -3.18. The van der Waals surface area contributed by atoms with Gasteiger partial charge >= 0.3 is 5.69 Å². The van der Waals surface area contributed by atoms with E-state index in [0.29, 0.717) is 37.5 Å². The number of nitro benzene ring substituents is 1. The van der Waals surface area contributed by atoms with Crippen LogP contribution in [-0.2, 0) is 0 Å². The fraction of sp³-hybridized carbons (Fsp3) is 0.316. The number of anilines is 1. The molecule has 7 nitrogen and oxygen atoms in total. The van der Waals surface area contributed by atoms with Crippen molar-refractivity contribution in [2.24, 2.45) is 0 Å². The Bertz CT molecular complexity index is 860. The van der Waals surface area contributed by atoms with Crippen LogP contribution in [0.25, 0.3) is 0 Å². The van der Waals surface area contributed by atoms with Crippen molar-refractivity contribution in [2.75, 3.05) is 44.2 Å². The Morgan fingerprint density at radius 3 is 2.59 bits per heavy atom. The first kappa shape index (κ1) is 18.6. The normalized spacial score (nSPS) is 14.6. The first-order chi connectivity index (χ1) is 13.1. The number of hydrogen-bond donors (Lipinski definition) is 0. The van der Waals surface area contributed by atoms with Gasteiger partial charge in [-0.05, 0) is 24.3 Å². The molecule has 8 heteroatoms. The van der Waals surface area contributed by atoms with Gasteiger partial charge in [-0.15, -0.1) is 0 Å². The van der Waals surface area contributed by atoms with E-state index in [0.717, 1.165) is 13.1 Å². The fourth-order valence-corrected chi connectivity index (χ4v) is 3.06. The molecule has 1 aliphatic heterocycles. The molecule has 0 unspecified atom stereocenters. The Kier molecular flexibility index (Phi) is 5.84. The van der Waals surface area contributed by atoms with Crippen molar-refractivity contribution in [1.82, 2.24) is 4.90 Å². The molecule has 0 spiro atoms. The molecule has 0 bridgehead atoms. The minimum atomic E-state index is -0.458. The number of para-hydroxylation sites is 2. The van der Waals surface area contributed by atoms with Gasteiger partial charge in [-0.25, -0.2) is 4.39 Å². The number of benzene rings is 2. The van der Waals surface area contributed by atoms with Crippen molar-refractivity contribution < 1.29 is 14.1 Å². The summed E-state index contributed by atoms with van der Waals surface area (Å²) >= 11 is 0. The maximum absolute atomic E-state index is 14.1. The van der Waals surface area contributed by atoms with Gasteiger partial charge in [0.1, 0.15) is 12.4 Å². The zero-order chi connectivity index (χ0) is 19.2. The highest BCUT2D eigenvalue weighted by Gasteiger charge is 2.20. The summed E-state index contributed by atoms with van der Waals surface area (Å²) in [6.45, 7) is 3.77. The van der Waals surface area contributed by atoms with E-state index >= 15 is 0 Å². The second-order valence-electron chi connectivity index (χ2n) is 6.18. The van der Waals surface area contributed by atoms with E-state index in [1.165, 1.54) is 12.1 Å². The van der Waals surface area contributed by atoms with Gasteiger partial charge in [-0.3, -0.25) is 15.0 Å². The lowest BCUT2D eigenvalue weighted by Gasteiger charge is -2.36. The number of nitrogens with zero attached hydrogens (tertiary/aromatic N) is 4. The largest absolute Gasteiger partial charge is 0.485 e. The first-order valence-corrected chi connectivity index (χ1v) is 8.61. The maximum Gasteiger partial charge on any atom is 0.310 e. The van der Waals surface area contributed by atoms with E-state index in [2.05, 4.69) is 4.90 Å². The predicted molar refractivity (Wildman–Crippen MR) is 98.4 cm³/mol. The number of rotatable bonds is 6. The molecule has 0 amide bonds. The van der Waals surface area contributed by atoms with Crippen LogP contribution < -0.4 is 9.64 Å². The van der Waals surface area contributed by atoms with Gasteiger partial charge < -0.3 is 9.64 Å². The van der Waals surface area contributed by atoms with Gasteiger partial charge in [-0.1, -0.05) is 12.1 Å². The van der Waals surface area contributed by atoms with Gasteiger partial charge in [0.15, 0.2) is 5.75 Å². The highest BCUT2D eigenvalue weighted by atomic mass is 19.1. The zero-order valence-corrected chi connectivity index (χ0v) is 14.7. The van der Waals surface area contributed by atoms with Crippen LogP contribution in [0.2, 0.25) is 0 Å². The van der Waals surface area contributed by atoms with Crippen molar-refractivity contribution in [1.29, 1.82) is 5.26 Å². The molecule has 27 heavy (non-hydrogen) atoms. The molecular weight excluding hydrogens is 351 g/mol. The summed E-state index contributed by atoms with van der Waals surface area (Å²) in [6, 6.07) is 12.7. The lowest BCUT2D eigenvalue weighted by Crippen LogP contribution is -2.47. The van der Waals surface area contributed by atoms with Crippen molar-refractivity contribution in [2.45, 2.75) is 0 Å². The highest BCUT2D eigenvalue weighted by Crippen LogP contribution is 2.26. The van der Waals surface area contributed by atoms with Crippen LogP contribution in [0.5, 0.6) is 5.75 Å². The lowest BCUT2D eigenvalue weighted by atomic mass is 10.2. The van der Waals surface area contributed by atoms with Crippen LogP contribution >= 0.6 is 0 Å². The molecule has 3 rings (SSSR count). The molecule has 2 aromatic carbocycles. The molecule has 0 saturated carbocycles. The van der Waals surface area contributed by atoms with Gasteiger partial charge in [0, 0.05) is 38.8 Å². The van der Waals surface area contributed by atoms with Gasteiger partial charge in [-0.2, -0.15) is 5.26 Å². The number of piperazine rings is 1. The number of halogens is 1. The maximum atomic E-state index is 14.1. The third-order valence-corrected chi connectivity index (χ3v) is 4.52. The average molecular weight is 370 g/mol. The summed E-state index contributed by atoms with van der Waals surface area (Å²) in [5, 5.41) is 19.8. The van der Waals surface area contributed by atoms with Gasteiger partial charge in [0.25, 0.3) is 0 Å². The third kappa shape index (κ3) is 4.51. The third-order valence-electron chi connectivity index (χ3n) is 4.52. The molecule has 0 atom stereocenters. The van der Waals surface area contributed by atoms with Crippen LogP contribution in [0.15, 0.2) is 42.5 Å². The Morgan fingerprint density at radius 1 is 1.19 bits per heavy atom. The summed E-state index contributed by atoms with van der Waals surface area (Å²) in [4.78, 5) is 14.7. The summed E-state index contributed by atoms with van der Waals surface area (Å²) in [6.07, 6.45) is 0. The van der Waals surface area contributed by atoms with Crippen LogP contribution in [-0.4, -0.2) is 49.2 Å². The van der Waals surface area contributed by atoms with E-state index < -0.39 is 4.92 Å². The number of hydrogen-bond acceptors (Lipinski definition) is 6. The van der Waals surface area contributed by atoms with E-state index in [1.54, 1.807) is 30.3 Å². The van der Waals surface area contributed by atoms with E-state index in [-0.39, 0.29) is 17.3 Å². The Labute approximate surface area is 156 Å². The van der Waals surface area contributed by atoms with Crippen molar-refractivity contribution in [3.63, 3.8) is 0 Å². The summed E-state index contributed by atoms with van der Waals surface area (Å²) in [7, 11) is 0. The van der Waals surface area contributed by atoms with Gasteiger partial charge in [0.2, 0.25) is 0 Å². The fourth-order valence-electron chi connectivity index (χ4n) is 3.06. The van der Waals surface area contributed by atoms with Crippen molar-refractivity contribution >= 4 is 11.4 Å². The first-order valence-electron chi connectivity index (χ1n) is 8.61. The van der Waals surface area contributed by atoms with E-state index in [1.807, 2.05) is 11.0 Å². The number of nitriles is 1. The minimum Gasteiger partial charge on any atom is -0.485 e. The SMILES string of the molecule is N#Cc1ccc(N2CCN(CCOc3ccccc3[N+](=O)[O-])CC2)c(F)c1. The predicted octanol–water partition coefficient (Wildman–Crippen LogP) is 2.81. The quantitative estimate of drug-likeness (QED) is 0.574. The number of nitro groups is 1. The molecule has 1 fully saturated rings. The molecule has 1 aliphatic rings. The second-order valence-corrected chi connectivity index (χ2v) is 6.18. The van der Waals surface area contributed by atoms with Crippen LogP contribution in [0.1, 0.15) is 5.56 Å². The molecule has 140 valence electrons.